The Morgan fingerprint density at radius 2 is 0.674 bits per heavy atom. The predicted octanol–water partition coefficient (Wildman–Crippen LogP) is 16.0. The third-order valence-electron chi connectivity index (χ3n) is 15.4. The number of carbonyl (C=O) groups excluding carboxylic acids is 8. The van der Waals surface area contributed by atoms with Crippen LogP contribution in [0, 0.1) is 0 Å². The van der Waals surface area contributed by atoms with Gasteiger partial charge in [0.1, 0.15) is 69.6 Å². The molecule has 0 aliphatic carbocycles. The molecule has 0 fully saturated rings. The predicted molar refractivity (Wildman–Crippen MR) is 344 cm³/mol. The maximum absolute atomic E-state index is 15.9. The van der Waals surface area contributed by atoms with Gasteiger partial charge >= 0.3 is 23.9 Å². The molecular formula is C72H50N2O16S2. The third-order valence-corrected chi connectivity index (χ3v) is 17.0. The standard InChI is InChI=1S/C72H50N2O16S2/c1-5-21-49(71(81)89-57-31-43(37-91-57)87-55(75)7-3)73-67(77)45-33-51(83-39-23-13-9-14-24-39)61-63-53(85-41-27-17-11-18-28-41)35-47-60-48(70(80)74(69(47)79)50(22-6-2)72(82)90-58-32-44(38-92-58)88-56(76)8-4)36-54(86-42-29-19-12-20-30-42)64(66(60)63)62-52(84-40-25-15-10-16-26-40)34-46(68(73)78)59(45)65(61)62/h7-20,23-38,49-50H,3-6,21-22H2,1-2H3. The van der Waals surface area contributed by atoms with Gasteiger partial charge in [-0.1, -0.05) is 113 Å². The summed E-state index contributed by atoms with van der Waals surface area (Å²) in [5.41, 5.74) is -0.234. The van der Waals surface area contributed by atoms with E-state index in [1.165, 1.54) is 47.2 Å². The summed E-state index contributed by atoms with van der Waals surface area (Å²) in [5.74, 6) is -5.31. The van der Waals surface area contributed by atoms with Gasteiger partial charge in [-0.05, 0) is 85.6 Å². The van der Waals surface area contributed by atoms with Crippen LogP contribution < -0.4 is 37.9 Å². The molecule has 9 aromatic carbocycles. The highest BCUT2D eigenvalue weighted by Crippen LogP contribution is 2.58. The Labute approximate surface area is 531 Å². The number of rotatable bonds is 22. The molecule has 2 unspecified atom stereocenters. The van der Waals surface area contributed by atoms with Gasteiger partial charge in [-0.25, -0.2) is 19.2 Å². The molecule has 0 saturated carbocycles. The smallest absolute Gasteiger partial charge is 0.335 e. The van der Waals surface area contributed by atoms with Gasteiger partial charge in [0.15, 0.2) is 10.1 Å². The van der Waals surface area contributed by atoms with E-state index in [2.05, 4.69) is 13.2 Å². The molecule has 18 nitrogen and oxygen atoms in total. The highest BCUT2D eigenvalue weighted by Gasteiger charge is 2.47. The average molecular weight is 1260 g/mol. The number of para-hydroxylation sites is 4. The highest BCUT2D eigenvalue weighted by molar-refractivity contribution is 7.12. The summed E-state index contributed by atoms with van der Waals surface area (Å²) < 4.78 is 50.3. The van der Waals surface area contributed by atoms with Gasteiger partial charge < -0.3 is 37.9 Å². The number of benzene rings is 9. The van der Waals surface area contributed by atoms with Crippen molar-refractivity contribution in [3.05, 3.63) is 216 Å². The summed E-state index contributed by atoms with van der Waals surface area (Å²) in [6.07, 6.45) is 2.52. The summed E-state index contributed by atoms with van der Waals surface area (Å²) in [5, 5.41) is 4.64. The number of hydrogen-bond acceptors (Lipinski definition) is 18. The van der Waals surface area contributed by atoms with Gasteiger partial charge in [0, 0.05) is 78.1 Å². The molecule has 456 valence electrons. The second-order valence-electron chi connectivity index (χ2n) is 21.2. The van der Waals surface area contributed by atoms with E-state index in [9.17, 15) is 19.2 Å². The molecule has 0 bridgehead atoms. The van der Waals surface area contributed by atoms with Crippen LogP contribution in [-0.2, 0) is 19.2 Å². The number of carbonyl (C=O) groups is 8. The molecule has 4 amide bonds. The Hall–Kier alpha value is -11.5. The number of nitrogens with zero attached hydrogens (tertiary/aromatic N) is 2. The van der Waals surface area contributed by atoms with E-state index in [0.717, 1.165) is 44.6 Å². The molecule has 2 aromatic heterocycles. The maximum Gasteiger partial charge on any atom is 0.335 e. The van der Waals surface area contributed by atoms with Gasteiger partial charge in [0.2, 0.25) is 0 Å². The van der Waals surface area contributed by atoms with E-state index in [0.29, 0.717) is 35.8 Å². The molecule has 0 saturated heterocycles. The molecule has 0 spiro atoms. The number of amides is 4. The minimum atomic E-state index is -1.51. The summed E-state index contributed by atoms with van der Waals surface area (Å²) >= 11 is 1.91. The van der Waals surface area contributed by atoms with Crippen LogP contribution in [0.2, 0.25) is 0 Å². The summed E-state index contributed by atoms with van der Waals surface area (Å²) in [4.78, 5) is 119. The number of imide groups is 2. The Bertz CT molecular complexity index is 4340. The highest BCUT2D eigenvalue weighted by atomic mass is 32.1. The van der Waals surface area contributed by atoms with Crippen molar-refractivity contribution >= 4 is 113 Å². The molecule has 2 aliphatic rings. The van der Waals surface area contributed by atoms with Gasteiger partial charge in [-0.3, -0.25) is 29.0 Å². The van der Waals surface area contributed by atoms with Crippen molar-refractivity contribution in [2.75, 3.05) is 0 Å². The Kier molecular flexibility index (Phi) is 16.1. The summed E-state index contributed by atoms with van der Waals surface area (Å²) in [7, 11) is 0. The van der Waals surface area contributed by atoms with Crippen molar-refractivity contribution in [2.45, 2.75) is 51.6 Å². The molecule has 4 heterocycles. The first-order valence-electron chi connectivity index (χ1n) is 29.1. The molecule has 2 aliphatic heterocycles. The molecular weight excluding hydrogens is 1210 g/mol. The van der Waals surface area contributed by atoms with Crippen LogP contribution in [0.15, 0.2) is 194 Å². The molecule has 0 N–H and O–H groups in total. The van der Waals surface area contributed by atoms with E-state index in [-0.39, 0.29) is 123 Å². The Morgan fingerprint density at radius 1 is 0.391 bits per heavy atom. The quantitative estimate of drug-likeness (QED) is 0.0203. The molecule has 13 rings (SSSR count). The van der Waals surface area contributed by atoms with Crippen molar-refractivity contribution in [1.82, 2.24) is 9.80 Å². The zero-order valence-electron chi connectivity index (χ0n) is 49.0. The first-order valence-corrected chi connectivity index (χ1v) is 30.8. The lowest BCUT2D eigenvalue weighted by Gasteiger charge is -2.35. The van der Waals surface area contributed by atoms with Crippen LogP contribution in [0.4, 0.5) is 0 Å². The van der Waals surface area contributed by atoms with Gasteiger partial charge in [0.25, 0.3) is 23.6 Å². The lowest BCUT2D eigenvalue weighted by Crippen LogP contribution is -2.51. The first kappa shape index (κ1) is 59.5. The van der Waals surface area contributed by atoms with Crippen LogP contribution in [0.3, 0.4) is 0 Å². The van der Waals surface area contributed by atoms with Crippen molar-refractivity contribution in [1.29, 1.82) is 0 Å². The van der Waals surface area contributed by atoms with Crippen LogP contribution >= 0.6 is 22.7 Å². The maximum atomic E-state index is 15.9. The van der Waals surface area contributed by atoms with Crippen LogP contribution in [0.1, 0.15) is 81.0 Å². The van der Waals surface area contributed by atoms with Crippen molar-refractivity contribution in [3.63, 3.8) is 0 Å². The number of hydrogen-bond donors (Lipinski definition) is 0. The van der Waals surface area contributed by atoms with E-state index >= 15 is 19.2 Å². The van der Waals surface area contributed by atoms with Crippen LogP contribution in [-0.4, -0.2) is 69.4 Å². The summed E-state index contributed by atoms with van der Waals surface area (Å²) in [6, 6.07) is 40.6. The van der Waals surface area contributed by atoms with Crippen LogP contribution in [0.5, 0.6) is 67.6 Å². The zero-order valence-corrected chi connectivity index (χ0v) is 50.6. The summed E-state index contributed by atoms with van der Waals surface area (Å²) in [6.45, 7) is 10.4. The van der Waals surface area contributed by atoms with E-state index < -0.39 is 59.6 Å². The fraction of sp³-hybridized carbons (Fsp3) is 0.111. The molecule has 11 aromatic rings. The van der Waals surface area contributed by atoms with Gasteiger partial charge in [-0.2, -0.15) is 0 Å². The lowest BCUT2D eigenvalue weighted by molar-refractivity contribution is -0.139. The molecule has 92 heavy (non-hydrogen) atoms. The van der Waals surface area contributed by atoms with E-state index in [1.54, 1.807) is 135 Å². The molecule has 20 heteroatoms. The van der Waals surface area contributed by atoms with Crippen LogP contribution in [0.25, 0.3) is 43.1 Å². The second kappa shape index (κ2) is 24.8. The number of esters is 4. The molecule has 2 atom stereocenters. The van der Waals surface area contributed by atoms with Crippen molar-refractivity contribution in [3.8, 4) is 67.6 Å². The van der Waals surface area contributed by atoms with E-state index in [4.69, 9.17) is 37.9 Å². The Balaban J connectivity index is 1.11. The fourth-order valence-electron chi connectivity index (χ4n) is 11.6. The average Bonchev–Trinajstić information content (AvgIpc) is 0.721. The molecule has 0 radical (unpaired) electrons. The van der Waals surface area contributed by atoms with Gasteiger partial charge in [-0.15, -0.1) is 22.7 Å². The van der Waals surface area contributed by atoms with Crippen molar-refractivity contribution in [2.24, 2.45) is 0 Å². The van der Waals surface area contributed by atoms with Crippen molar-refractivity contribution < 1.29 is 76.3 Å². The zero-order chi connectivity index (χ0) is 63.9. The monoisotopic (exact) mass is 1260 g/mol. The minimum absolute atomic E-state index is 0.0235. The number of thiophene rings is 2. The SMILES string of the molecule is C=CC(=O)Oc1csc(OC(=O)C(CCC)N2C(=O)c3cc(Oc4ccccc4)c4c5c(Oc6ccccc6)cc6c7c(cc(Oc8ccccc8)c(c8c(Oc9ccccc9)cc(c3c48)C2=O)c75)C(=O)N(C(CCC)C(=O)Oc2cc(OC(=O)C=C)cs2)C6=O)c1. The number of ether oxygens (including phenoxy) is 8. The largest absolute Gasteiger partial charge is 0.457 e. The fourth-order valence-corrected chi connectivity index (χ4v) is 12.9. The Morgan fingerprint density at radius 3 is 0.935 bits per heavy atom. The topological polar surface area (TPSA) is 217 Å². The minimum Gasteiger partial charge on any atom is -0.457 e. The van der Waals surface area contributed by atoms with Gasteiger partial charge in [0.05, 0.1) is 22.3 Å². The normalized spacial score (nSPS) is 13.3. The lowest BCUT2D eigenvalue weighted by atomic mass is 9.80. The second-order valence-corrected chi connectivity index (χ2v) is 23.0. The first-order chi connectivity index (χ1) is 44.7. The van der Waals surface area contributed by atoms with E-state index in [1.807, 2.05) is 0 Å². The third kappa shape index (κ3) is 10.9. The number of fused-ring (bicyclic) bond motifs is 2.